The van der Waals surface area contributed by atoms with Gasteiger partial charge in [0.2, 0.25) is 0 Å². The zero-order valence-electron chi connectivity index (χ0n) is 12.7. The molecule has 19 heavy (non-hydrogen) atoms. The van der Waals surface area contributed by atoms with Gasteiger partial charge in [0.1, 0.15) is 0 Å². The van der Waals surface area contributed by atoms with Crippen LogP contribution in [0.15, 0.2) is 30.3 Å². The van der Waals surface area contributed by atoms with Crippen LogP contribution in [0.1, 0.15) is 58.4 Å². The molecule has 1 aromatic rings. The summed E-state index contributed by atoms with van der Waals surface area (Å²) in [4.78, 5) is 0. The molecule has 1 heteroatoms. The van der Waals surface area contributed by atoms with Crippen LogP contribution in [0.5, 0.6) is 0 Å². The van der Waals surface area contributed by atoms with Gasteiger partial charge >= 0.3 is 0 Å². The first-order chi connectivity index (χ1) is 8.89. The lowest BCUT2D eigenvalue weighted by Crippen LogP contribution is -2.31. The Hall–Kier alpha value is -0.820. The van der Waals surface area contributed by atoms with E-state index in [2.05, 4.69) is 45.0 Å². The van der Waals surface area contributed by atoms with Crippen molar-refractivity contribution in [2.75, 3.05) is 0 Å². The minimum atomic E-state index is -0.485. The first-order valence-electron chi connectivity index (χ1n) is 7.65. The van der Waals surface area contributed by atoms with E-state index >= 15 is 0 Å². The molecular formula is C18H28O. The fourth-order valence-electron chi connectivity index (χ4n) is 3.41. The smallest absolute Gasteiger partial charge is 0.0688 e. The fourth-order valence-corrected chi connectivity index (χ4v) is 3.41. The number of hydrogen-bond donors (Lipinski definition) is 1. The topological polar surface area (TPSA) is 20.2 Å². The Kier molecular flexibility index (Phi) is 4.35. The molecule has 0 aromatic heterocycles. The van der Waals surface area contributed by atoms with Crippen molar-refractivity contribution >= 4 is 0 Å². The molecule has 0 radical (unpaired) electrons. The van der Waals surface area contributed by atoms with Gasteiger partial charge in [0.15, 0.2) is 0 Å². The van der Waals surface area contributed by atoms with E-state index < -0.39 is 5.60 Å². The van der Waals surface area contributed by atoms with Crippen molar-refractivity contribution in [3.05, 3.63) is 35.9 Å². The molecule has 0 spiro atoms. The maximum atomic E-state index is 10.9. The Labute approximate surface area is 118 Å². The van der Waals surface area contributed by atoms with Crippen LogP contribution in [0.3, 0.4) is 0 Å². The van der Waals surface area contributed by atoms with Gasteiger partial charge in [-0.3, -0.25) is 0 Å². The van der Waals surface area contributed by atoms with E-state index in [-0.39, 0.29) is 0 Å². The second-order valence-corrected chi connectivity index (χ2v) is 7.38. The summed E-state index contributed by atoms with van der Waals surface area (Å²) in [7, 11) is 0. The van der Waals surface area contributed by atoms with Crippen molar-refractivity contribution in [3.63, 3.8) is 0 Å². The third kappa shape index (κ3) is 4.07. The molecule has 1 fully saturated rings. The van der Waals surface area contributed by atoms with Gasteiger partial charge in [-0.1, -0.05) is 57.5 Å². The van der Waals surface area contributed by atoms with Crippen LogP contribution in [0.4, 0.5) is 0 Å². The molecule has 0 aliphatic heterocycles. The first kappa shape index (κ1) is 14.6. The number of aliphatic hydroxyl groups is 1. The van der Waals surface area contributed by atoms with E-state index in [1.165, 1.54) is 12.0 Å². The van der Waals surface area contributed by atoms with E-state index in [0.29, 0.717) is 5.41 Å². The molecule has 2 atom stereocenters. The lowest BCUT2D eigenvalue weighted by molar-refractivity contribution is 0.0225. The molecule has 1 aliphatic rings. The van der Waals surface area contributed by atoms with Crippen LogP contribution in [-0.2, 0) is 6.42 Å². The maximum Gasteiger partial charge on any atom is 0.0688 e. The highest BCUT2D eigenvalue weighted by atomic mass is 16.3. The Bertz CT molecular complexity index is 390. The second-order valence-electron chi connectivity index (χ2n) is 7.38. The summed E-state index contributed by atoms with van der Waals surface area (Å²) in [6.07, 6.45) is 6.29. The molecule has 106 valence electrons. The van der Waals surface area contributed by atoms with Gasteiger partial charge in [0.25, 0.3) is 0 Å². The SMILES string of the molecule is CC(C)(C)C1CCCC(O)(Cc2ccccc2)CC1. The van der Waals surface area contributed by atoms with Crippen molar-refractivity contribution in [1.82, 2.24) is 0 Å². The summed E-state index contributed by atoms with van der Waals surface area (Å²) in [6.45, 7) is 7.00. The van der Waals surface area contributed by atoms with Gasteiger partial charge in [-0.05, 0) is 42.6 Å². The number of hydrogen-bond acceptors (Lipinski definition) is 1. The molecule has 0 saturated heterocycles. The lowest BCUT2D eigenvalue weighted by Gasteiger charge is -2.31. The minimum absolute atomic E-state index is 0.373. The average molecular weight is 260 g/mol. The van der Waals surface area contributed by atoms with Gasteiger partial charge < -0.3 is 5.11 Å². The van der Waals surface area contributed by atoms with Gasteiger partial charge in [0.05, 0.1) is 5.60 Å². The molecule has 1 N–H and O–H groups in total. The van der Waals surface area contributed by atoms with Gasteiger partial charge in [-0.2, -0.15) is 0 Å². The Morgan fingerprint density at radius 3 is 2.42 bits per heavy atom. The molecule has 1 saturated carbocycles. The molecule has 0 heterocycles. The lowest BCUT2D eigenvalue weighted by atomic mass is 9.76. The summed E-state index contributed by atoms with van der Waals surface area (Å²) in [6, 6.07) is 10.4. The molecule has 1 aliphatic carbocycles. The van der Waals surface area contributed by atoms with Crippen LogP contribution >= 0.6 is 0 Å². The third-order valence-electron chi connectivity index (χ3n) is 4.75. The fraction of sp³-hybridized carbons (Fsp3) is 0.667. The van der Waals surface area contributed by atoms with E-state index in [0.717, 1.165) is 38.0 Å². The van der Waals surface area contributed by atoms with E-state index in [1.807, 2.05) is 6.07 Å². The summed E-state index contributed by atoms with van der Waals surface area (Å²) in [5, 5.41) is 10.9. The van der Waals surface area contributed by atoms with Gasteiger partial charge in [-0.15, -0.1) is 0 Å². The van der Waals surface area contributed by atoms with Crippen LogP contribution in [0, 0.1) is 11.3 Å². The summed E-state index contributed by atoms with van der Waals surface area (Å²) >= 11 is 0. The maximum absolute atomic E-state index is 10.9. The summed E-state index contributed by atoms with van der Waals surface area (Å²) < 4.78 is 0. The van der Waals surface area contributed by atoms with E-state index in [4.69, 9.17) is 0 Å². The van der Waals surface area contributed by atoms with E-state index in [9.17, 15) is 5.11 Å². The number of benzene rings is 1. The second kappa shape index (κ2) is 5.66. The zero-order chi connectivity index (χ0) is 13.9. The van der Waals surface area contributed by atoms with E-state index in [1.54, 1.807) is 0 Å². The van der Waals surface area contributed by atoms with Crippen LogP contribution in [0.2, 0.25) is 0 Å². The van der Waals surface area contributed by atoms with Crippen LogP contribution < -0.4 is 0 Å². The molecule has 0 bridgehead atoms. The normalized spacial score (nSPS) is 28.9. The first-order valence-corrected chi connectivity index (χ1v) is 7.65. The third-order valence-corrected chi connectivity index (χ3v) is 4.75. The van der Waals surface area contributed by atoms with Crippen molar-refractivity contribution in [3.8, 4) is 0 Å². The molecular weight excluding hydrogens is 232 g/mol. The predicted octanol–water partition coefficient (Wildman–Crippen LogP) is 4.59. The van der Waals surface area contributed by atoms with Crippen molar-refractivity contribution in [2.45, 2.75) is 64.9 Å². The molecule has 2 rings (SSSR count). The highest BCUT2D eigenvalue weighted by molar-refractivity contribution is 5.17. The van der Waals surface area contributed by atoms with Crippen molar-refractivity contribution in [2.24, 2.45) is 11.3 Å². The highest BCUT2D eigenvalue weighted by Crippen LogP contribution is 2.40. The van der Waals surface area contributed by atoms with Crippen molar-refractivity contribution in [1.29, 1.82) is 0 Å². The number of rotatable bonds is 2. The zero-order valence-corrected chi connectivity index (χ0v) is 12.7. The molecule has 1 nitrogen and oxygen atoms in total. The standard InChI is InChI=1S/C18H28O/c1-17(2,3)16-10-7-12-18(19,13-11-16)14-15-8-5-4-6-9-15/h4-6,8-9,16,19H,7,10-14H2,1-3H3. The van der Waals surface area contributed by atoms with Crippen molar-refractivity contribution < 1.29 is 5.11 Å². The Balaban J connectivity index is 2.01. The van der Waals surface area contributed by atoms with Crippen LogP contribution in [-0.4, -0.2) is 10.7 Å². The average Bonchev–Trinajstić information content (AvgIpc) is 2.52. The largest absolute Gasteiger partial charge is 0.390 e. The molecule has 0 amide bonds. The Morgan fingerprint density at radius 1 is 1.11 bits per heavy atom. The summed E-state index contributed by atoms with van der Waals surface area (Å²) in [5.41, 5.74) is 1.15. The quantitative estimate of drug-likeness (QED) is 0.771. The van der Waals surface area contributed by atoms with Gasteiger partial charge in [-0.25, -0.2) is 0 Å². The van der Waals surface area contributed by atoms with Crippen LogP contribution in [0.25, 0.3) is 0 Å². The monoisotopic (exact) mass is 260 g/mol. The molecule has 2 unspecified atom stereocenters. The summed E-state index contributed by atoms with van der Waals surface area (Å²) in [5.74, 6) is 0.747. The Morgan fingerprint density at radius 2 is 1.79 bits per heavy atom. The molecule has 1 aromatic carbocycles. The predicted molar refractivity (Wildman–Crippen MR) is 81.1 cm³/mol. The van der Waals surface area contributed by atoms with Gasteiger partial charge in [0, 0.05) is 6.42 Å². The minimum Gasteiger partial charge on any atom is -0.390 e. The highest BCUT2D eigenvalue weighted by Gasteiger charge is 2.34.